The van der Waals surface area contributed by atoms with E-state index in [1.54, 1.807) is 0 Å². The van der Waals surface area contributed by atoms with Gasteiger partial charge in [-0.25, -0.2) is 0 Å². The second-order valence-electron chi connectivity index (χ2n) is 13.8. The van der Waals surface area contributed by atoms with E-state index >= 15 is 0 Å². The molecule has 0 radical (unpaired) electrons. The van der Waals surface area contributed by atoms with E-state index < -0.39 is 159 Å². The molecule has 4 saturated heterocycles. The molecule has 0 aromatic carbocycles. The van der Waals surface area contributed by atoms with E-state index in [9.17, 15) is 43.2 Å². The number of carbonyl (C=O) groups excluding carboxylic acids is 9. The van der Waals surface area contributed by atoms with Crippen LogP contribution in [0.4, 0.5) is 0 Å². The van der Waals surface area contributed by atoms with Gasteiger partial charge in [-0.2, -0.15) is 0 Å². The summed E-state index contributed by atoms with van der Waals surface area (Å²) in [6.07, 6.45) is -23.6. The fraction of sp³-hybridized carbons (Fsp3) is 0.750. The first kappa shape index (κ1) is 47.7. The van der Waals surface area contributed by atoms with Crippen LogP contribution in [0.2, 0.25) is 0 Å². The Balaban J connectivity index is 1.84. The highest BCUT2D eigenvalue weighted by atomic mass is 16.8. The monoisotopic (exact) mass is 864 g/mol. The van der Waals surface area contributed by atoms with Crippen LogP contribution in [0.3, 0.4) is 0 Å². The lowest BCUT2D eigenvalue weighted by Gasteiger charge is -2.49. The molecule has 0 N–H and O–H groups in total. The van der Waals surface area contributed by atoms with Crippen LogP contribution in [-0.2, 0) is 114 Å². The van der Waals surface area contributed by atoms with Gasteiger partial charge in [0.25, 0.3) is 0 Å². The number of rotatable bonds is 15. The summed E-state index contributed by atoms with van der Waals surface area (Å²) < 4.78 is 85.6. The fourth-order valence-corrected chi connectivity index (χ4v) is 6.88. The van der Waals surface area contributed by atoms with Gasteiger partial charge in [0.15, 0.2) is 61.6 Å². The number of fused-ring (bicyclic) bond motifs is 2. The Morgan fingerprint density at radius 2 is 0.717 bits per heavy atom. The third kappa shape index (κ3) is 12.7. The lowest BCUT2D eigenvalue weighted by Crippen LogP contribution is -2.68. The number of hydrogen-bond donors (Lipinski definition) is 0. The number of hydrogen-bond acceptors (Lipinski definition) is 24. The minimum Gasteiger partial charge on any atom is -0.463 e. The van der Waals surface area contributed by atoms with Crippen molar-refractivity contribution in [2.24, 2.45) is 0 Å². The van der Waals surface area contributed by atoms with Gasteiger partial charge < -0.3 is 71.1 Å². The third-order valence-corrected chi connectivity index (χ3v) is 8.80. The van der Waals surface area contributed by atoms with Gasteiger partial charge in [-0.15, -0.1) is 0 Å². The van der Waals surface area contributed by atoms with Crippen molar-refractivity contribution in [3.63, 3.8) is 0 Å². The molecule has 0 spiro atoms. The molecule has 0 saturated carbocycles. The molecule has 4 heterocycles. The van der Waals surface area contributed by atoms with Crippen LogP contribution >= 0.6 is 0 Å². The molecule has 0 aromatic rings. The van der Waals surface area contributed by atoms with Crippen LogP contribution in [0, 0.1) is 0 Å². The summed E-state index contributed by atoms with van der Waals surface area (Å²) in [6.45, 7) is 7.81. The standard InChI is InChI=1S/C36H48O24/c1-13(37)46-10-22-25(49-15(3)39)28(50-16(4)40)32(54-20(8)44)35(57-22)59-26-23(11-47-14(2)38)58-36(33(55-21(9)45)30(26)52-18(6)42)60-27-24-12-48-34(56-24)31(53-19(7)43)29(27)51-17(5)41/h22-36H,10-12H2,1-9H3/t22-,23-,24-,25-,26-,27-,28+,29+,30+,31-,32-,33-,34-,35+,36+/m1/s1. The molecule has 60 heavy (non-hydrogen) atoms. The van der Waals surface area contributed by atoms with Gasteiger partial charge in [-0.1, -0.05) is 0 Å². The van der Waals surface area contributed by atoms with E-state index in [0.29, 0.717) is 0 Å². The molecule has 4 aliphatic rings. The zero-order valence-corrected chi connectivity index (χ0v) is 34.1. The van der Waals surface area contributed by atoms with Crippen molar-refractivity contribution >= 4 is 53.7 Å². The molecule has 2 bridgehead atoms. The maximum Gasteiger partial charge on any atom is 0.303 e. The topological polar surface area (TPSA) is 292 Å². The van der Waals surface area contributed by atoms with E-state index in [1.807, 2.05) is 0 Å². The molecular formula is C36H48O24. The Morgan fingerprint density at radius 3 is 1.13 bits per heavy atom. The Bertz CT molecular complexity index is 1630. The highest BCUT2D eigenvalue weighted by Gasteiger charge is 2.61. The van der Waals surface area contributed by atoms with Gasteiger partial charge in [0.05, 0.1) is 6.61 Å². The largest absolute Gasteiger partial charge is 0.463 e. The summed E-state index contributed by atoms with van der Waals surface area (Å²) in [5.74, 6) is -8.03. The normalized spacial score (nSPS) is 34.5. The number of carbonyl (C=O) groups is 9. The third-order valence-electron chi connectivity index (χ3n) is 8.80. The maximum atomic E-state index is 12.8. The molecule has 24 nitrogen and oxygen atoms in total. The van der Waals surface area contributed by atoms with Crippen LogP contribution in [0.1, 0.15) is 62.3 Å². The van der Waals surface area contributed by atoms with E-state index in [-0.39, 0.29) is 6.61 Å². The molecule has 24 heteroatoms. The summed E-state index contributed by atoms with van der Waals surface area (Å²) in [5, 5.41) is 0. The SMILES string of the molecule is CC(=O)OC[C@H]1O[C@@H](O[C@H]2[C@H](OC(C)=O)[C@@H](OC(C)=O)[C@H](O[C@H]3[C@H](OC(C)=O)[C@@H](OC(C)=O)[C@@H]4OC[C@H]3O4)O[C@@H]2COC(C)=O)[C@H](OC(C)=O)[C@@H](OC(C)=O)[C@@H]1OC(C)=O. The molecule has 4 aliphatic heterocycles. The first-order valence-electron chi connectivity index (χ1n) is 18.5. The summed E-state index contributed by atoms with van der Waals surface area (Å²) in [6, 6.07) is 0. The first-order valence-corrected chi connectivity index (χ1v) is 18.5. The van der Waals surface area contributed by atoms with Gasteiger partial charge in [0.2, 0.25) is 0 Å². The quantitative estimate of drug-likeness (QED) is 0.135. The summed E-state index contributed by atoms with van der Waals surface area (Å²) >= 11 is 0. The molecule has 15 atom stereocenters. The smallest absolute Gasteiger partial charge is 0.303 e. The van der Waals surface area contributed by atoms with Gasteiger partial charge in [-0.05, 0) is 0 Å². The lowest BCUT2D eigenvalue weighted by atomic mass is 9.95. The van der Waals surface area contributed by atoms with E-state index in [2.05, 4.69) is 0 Å². The Morgan fingerprint density at radius 1 is 0.383 bits per heavy atom. The van der Waals surface area contributed by atoms with Crippen LogP contribution in [0.25, 0.3) is 0 Å². The molecule has 0 aliphatic carbocycles. The lowest BCUT2D eigenvalue weighted by molar-refractivity contribution is -0.372. The second-order valence-corrected chi connectivity index (χ2v) is 13.8. The molecular weight excluding hydrogens is 816 g/mol. The number of ether oxygens (including phenoxy) is 15. The van der Waals surface area contributed by atoms with Gasteiger partial charge >= 0.3 is 53.7 Å². The van der Waals surface area contributed by atoms with Gasteiger partial charge in [-0.3, -0.25) is 43.2 Å². The zero-order chi connectivity index (χ0) is 44.6. The fourth-order valence-electron chi connectivity index (χ4n) is 6.88. The van der Waals surface area contributed by atoms with Crippen molar-refractivity contribution in [1.82, 2.24) is 0 Å². The number of esters is 9. The summed E-state index contributed by atoms with van der Waals surface area (Å²) in [7, 11) is 0. The van der Waals surface area contributed by atoms with E-state index in [4.69, 9.17) is 71.1 Å². The van der Waals surface area contributed by atoms with Crippen LogP contribution in [-0.4, -0.2) is 166 Å². The Hall–Kier alpha value is -5.01. The minimum atomic E-state index is -1.91. The Kier molecular flexibility index (Phi) is 16.7. The molecule has 4 fully saturated rings. The van der Waals surface area contributed by atoms with Crippen LogP contribution < -0.4 is 0 Å². The highest BCUT2D eigenvalue weighted by Crippen LogP contribution is 2.39. The second kappa shape index (κ2) is 21.0. The van der Waals surface area contributed by atoms with E-state index in [1.165, 1.54) is 0 Å². The predicted molar refractivity (Wildman–Crippen MR) is 184 cm³/mol. The van der Waals surface area contributed by atoms with Crippen molar-refractivity contribution in [3.05, 3.63) is 0 Å². The molecule has 0 unspecified atom stereocenters. The summed E-state index contributed by atoms with van der Waals surface area (Å²) in [5.41, 5.74) is 0. The van der Waals surface area contributed by atoms with Crippen LogP contribution in [0.15, 0.2) is 0 Å². The maximum absolute atomic E-state index is 12.8. The predicted octanol–water partition coefficient (Wildman–Crippen LogP) is -1.39. The van der Waals surface area contributed by atoms with Crippen molar-refractivity contribution < 1.29 is 114 Å². The highest BCUT2D eigenvalue weighted by molar-refractivity contribution is 5.70. The molecule has 336 valence electrons. The Labute approximate surface area is 342 Å². The average molecular weight is 865 g/mol. The zero-order valence-electron chi connectivity index (χ0n) is 34.1. The van der Waals surface area contributed by atoms with Crippen molar-refractivity contribution in [2.75, 3.05) is 19.8 Å². The van der Waals surface area contributed by atoms with Gasteiger partial charge in [0, 0.05) is 62.3 Å². The summed E-state index contributed by atoms with van der Waals surface area (Å²) in [4.78, 5) is 111. The molecule has 4 rings (SSSR count). The average Bonchev–Trinajstić information content (AvgIpc) is 3.55. The van der Waals surface area contributed by atoms with Crippen molar-refractivity contribution in [2.45, 2.75) is 154 Å². The molecule has 0 aromatic heterocycles. The van der Waals surface area contributed by atoms with Crippen LogP contribution in [0.5, 0.6) is 0 Å². The van der Waals surface area contributed by atoms with Crippen molar-refractivity contribution in [1.29, 1.82) is 0 Å². The molecule has 0 amide bonds. The minimum absolute atomic E-state index is 0.172. The van der Waals surface area contributed by atoms with E-state index in [0.717, 1.165) is 62.3 Å². The van der Waals surface area contributed by atoms with Crippen molar-refractivity contribution in [3.8, 4) is 0 Å². The first-order chi connectivity index (χ1) is 28.1. The van der Waals surface area contributed by atoms with Gasteiger partial charge in [0.1, 0.15) is 43.7 Å².